The average molecular weight is 215 g/mol. The van der Waals surface area contributed by atoms with Crippen LogP contribution >= 0.6 is 0 Å². The molecule has 0 N–H and O–H groups in total. The molecule has 16 heavy (non-hydrogen) atoms. The van der Waals surface area contributed by atoms with Crippen molar-refractivity contribution in [1.82, 2.24) is 4.90 Å². The molecule has 0 bridgehead atoms. The molecule has 1 fully saturated rings. The quantitative estimate of drug-likeness (QED) is 0.643. The van der Waals surface area contributed by atoms with Gasteiger partial charge in [-0.05, 0) is 68.8 Å². The maximum Gasteiger partial charge on any atom is -0.00164 e. The number of hydrogen-bond acceptors (Lipinski definition) is 1. The molecule has 86 valence electrons. The monoisotopic (exact) mass is 215 g/mol. The Hall–Kier alpha value is -0.820. The molecule has 0 saturated carbocycles. The second-order valence-electron chi connectivity index (χ2n) is 5.75. The highest BCUT2D eigenvalue weighted by molar-refractivity contribution is 5.31. The topological polar surface area (TPSA) is 3.24 Å². The number of nitrogens with zero attached hydrogens (tertiary/aromatic N) is 1. The standard InChI is InChI=1S/C15H21N/c1-16-10-8-15(9-11-16)7-6-13-4-2-3-5-14(13)12-15/h2-5H,6-12H2,1H3. The van der Waals surface area contributed by atoms with E-state index >= 15 is 0 Å². The van der Waals surface area contributed by atoms with Gasteiger partial charge in [0.1, 0.15) is 0 Å². The molecule has 3 rings (SSSR count). The summed E-state index contributed by atoms with van der Waals surface area (Å²) < 4.78 is 0. The van der Waals surface area contributed by atoms with Crippen molar-refractivity contribution in [2.75, 3.05) is 20.1 Å². The van der Waals surface area contributed by atoms with E-state index in [2.05, 4.69) is 36.2 Å². The second kappa shape index (κ2) is 3.89. The number of rotatable bonds is 0. The largest absolute Gasteiger partial charge is 0.306 e. The lowest BCUT2D eigenvalue weighted by Crippen LogP contribution is -2.41. The summed E-state index contributed by atoms with van der Waals surface area (Å²) >= 11 is 0. The van der Waals surface area contributed by atoms with Gasteiger partial charge in [-0.2, -0.15) is 0 Å². The zero-order valence-corrected chi connectivity index (χ0v) is 10.2. The summed E-state index contributed by atoms with van der Waals surface area (Å²) in [6, 6.07) is 9.05. The van der Waals surface area contributed by atoms with Crippen molar-refractivity contribution in [2.45, 2.75) is 32.1 Å². The summed E-state index contributed by atoms with van der Waals surface area (Å²) in [4.78, 5) is 2.48. The fourth-order valence-electron chi connectivity index (χ4n) is 3.39. The molecule has 1 nitrogen and oxygen atoms in total. The molecule has 1 aliphatic carbocycles. The van der Waals surface area contributed by atoms with Crippen LogP contribution in [0.2, 0.25) is 0 Å². The lowest BCUT2D eigenvalue weighted by atomic mass is 9.66. The van der Waals surface area contributed by atoms with Crippen LogP contribution in [0, 0.1) is 5.41 Å². The molecule has 1 aliphatic heterocycles. The van der Waals surface area contributed by atoms with Gasteiger partial charge in [-0.25, -0.2) is 0 Å². The van der Waals surface area contributed by atoms with E-state index in [1.807, 2.05) is 0 Å². The van der Waals surface area contributed by atoms with Crippen LogP contribution in [0.1, 0.15) is 30.4 Å². The first-order chi connectivity index (χ1) is 7.77. The molecule has 1 heterocycles. The first-order valence-corrected chi connectivity index (χ1v) is 6.53. The van der Waals surface area contributed by atoms with Crippen LogP contribution in [0.25, 0.3) is 0 Å². The molecule has 1 saturated heterocycles. The van der Waals surface area contributed by atoms with E-state index in [9.17, 15) is 0 Å². The smallest absolute Gasteiger partial charge is 0.00164 e. The van der Waals surface area contributed by atoms with Crippen molar-refractivity contribution < 1.29 is 0 Å². The van der Waals surface area contributed by atoms with Crippen molar-refractivity contribution in [3.8, 4) is 0 Å². The van der Waals surface area contributed by atoms with Gasteiger partial charge in [-0.1, -0.05) is 24.3 Å². The van der Waals surface area contributed by atoms with Gasteiger partial charge < -0.3 is 4.90 Å². The molecule has 0 aromatic heterocycles. The summed E-state index contributed by atoms with van der Waals surface area (Å²) in [5.74, 6) is 0. The van der Waals surface area contributed by atoms with Gasteiger partial charge in [0.15, 0.2) is 0 Å². The van der Waals surface area contributed by atoms with E-state index < -0.39 is 0 Å². The lowest BCUT2D eigenvalue weighted by Gasteiger charge is -2.44. The fraction of sp³-hybridized carbons (Fsp3) is 0.600. The summed E-state index contributed by atoms with van der Waals surface area (Å²) in [5.41, 5.74) is 3.87. The number of likely N-dealkylation sites (tertiary alicyclic amines) is 1. The normalized spacial score (nSPS) is 24.3. The van der Waals surface area contributed by atoms with E-state index in [1.165, 1.54) is 45.2 Å². The van der Waals surface area contributed by atoms with E-state index in [-0.39, 0.29) is 0 Å². The second-order valence-corrected chi connectivity index (χ2v) is 5.75. The summed E-state index contributed by atoms with van der Waals surface area (Å²) in [5, 5.41) is 0. The Morgan fingerprint density at radius 3 is 2.44 bits per heavy atom. The maximum absolute atomic E-state index is 2.48. The number of hydrogen-bond donors (Lipinski definition) is 0. The number of aryl methyl sites for hydroxylation is 1. The first-order valence-electron chi connectivity index (χ1n) is 6.53. The molecule has 1 aromatic rings. The van der Waals surface area contributed by atoms with Crippen molar-refractivity contribution in [3.05, 3.63) is 35.4 Å². The van der Waals surface area contributed by atoms with Crippen LogP contribution in [-0.2, 0) is 12.8 Å². The molecular weight excluding hydrogens is 194 g/mol. The Labute approximate surface area is 98.5 Å². The van der Waals surface area contributed by atoms with Gasteiger partial charge in [0.05, 0.1) is 0 Å². The highest BCUT2D eigenvalue weighted by Crippen LogP contribution is 2.43. The number of benzene rings is 1. The predicted octanol–water partition coefficient (Wildman–Crippen LogP) is 2.89. The highest BCUT2D eigenvalue weighted by Gasteiger charge is 2.36. The van der Waals surface area contributed by atoms with Crippen molar-refractivity contribution >= 4 is 0 Å². The lowest BCUT2D eigenvalue weighted by molar-refractivity contribution is 0.106. The summed E-state index contributed by atoms with van der Waals surface area (Å²) in [6.45, 7) is 2.59. The third-order valence-corrected chi connectivity index (χ3v) is 4.66. The minimum Gasteiger partial charge on any atom is -0.306 e. The third-order valence-electron chi connectivity index (χ3n) is 4.66. The Balaban J connectivity index is 1.82. The van der Waals surface area contributed by atoms with Crippen molar-refractivity contribution in [2.24, 2.45) is 5.41 Å². The van der Waals surface area contributed by atoms with Crippen LogP contribution < -0.4 is 0 Å². The Morgan fingerprint density at radius 1 is 1.00 bits per heavy atom. The predicted molar refractivity (Wildman–Crippen MR) is 67.6 cm³/mol. The molecule has 0 atom stereocenters. The van der Waals surface area contributed by atoms with Crippen LogP contribution in [0.15, 0.2) is 24.3 Å². The van der Waals surface area contributed by atoms with E-state index in [0.717, 1.165) is 0 Å². The molecule has 0 unspecified atom stereocenters. The van der Waals surface area contributed by atoms with E-state index in [1.54, 1.807) is 11.1 Å². The van der Waals surface area contributed by atoms with Gasteiger partial charge in [0.25, 0.3) is 0 Å². The average Bonchev–Trinajstić information content (AvgIpc) is 2.33. The van der Waals surface area contributed by atoms with Crippen molar-refractivity contribution in [3.63, 3.8) is 0 Å². The minimum atomic E-state index is 0.640. The molecular formula is C15H21N. The van der Waals surface area contributed by atoms with Gasteiger partial charge in [-0.15, -0.1) is 0 Å². The Kier molecular flexibility index (Phi) is 2.51. The number of fused-ring (bicyclic) bond motifs is 1. The minimum absolute atomic E-state index is 0.640. The first kappa shape index (κ1) is 10.3. The molecule has 1 aromatic carbocycles. The SMILES string of the molecule is CN1CCC2(CCc3ccccc3C2)CC1. The van der Waals surface area contributed by atoms with Crippen LogP contribution in [0.5, 0.6) is 0 Å². The van der Waals surface area contributed by atoms with Crippen LogP contribution in [0.4, 0.5) is 0 Å². The van der Waals surface area contributed by atoms with E-state index in [4.69, 9.17) is 0 Å². The molecule has 1 heteroatoms. The Morgan fingerprint density at radius 2 is 1.69 bits per heavy atom. The molecule has 2 aliphatic rings. The van der Waals surface area contributed by atoms with Gasteiger partial charge in [0.2, 0.25) is 0 Å². The van der Waals surface area contributed by atoms with Gasteiger partial charge in [-0.3, -0.25) is 0 Å². The summed E-state index contributed by atoms with van der Waals surface area (Å²) in [6.07, 6.45) is 6.85. The van der Waals surface area contributed by atoms with E-state index in [0.29, 0.717) is 5.41 Å². The number of piperidine rings is 1. The van der Waals surface area contributed by atoms with Crippen molar-refractivity contribution in [1.29, 1.82) is 0 Å². The third kappa shape index (κ3) is 1.78. The fourth-order valence-corrected chi connectivity index (χ4v) is 3.39. The zero-order chi connectivity index (χ0) is 11.0. The summed E-state index contributed by atoms with van der Waals surface area (Å²) in [7, 11) is 2.25. The van der Waals surface area contributed by atoms with Crippen LogP contribution in [0.3, 0.4) is 0 Å². The highest BCUT2D eigenvalue weighted by atomic mass is 15.1. The van der Waals surface area contributed by atoms with Gasteiger partial charge in [0, 0.05) is 0 Å². The zero-order valence-electron chi connectivity index (χ0n) is 10.2. The van der Waals surface area contributed by atoms with Gasteiger partial charge >= 0.3 is 0 Å². The molecule has 1 spiro atoms. The molecule has 0 radical (unpaired) electrons. The van der Waals surface area contributed by atoms with Crippen LogP contribution in [-0.4, -0.2) is 25.0 Å². The molecule has 0 amide bonds. The Bertz CT molecular complexity index is 375. The maximum atomic E-state index is 2.48.